The van der Waals surface area contributed by atoms with Crippen molar-refractivity contribution in [2.45, 2.75) is 84.7 Å². The monoisotopic (exact) mass is 416 g/mol. The SMILES string of the molecule is CCC(C)C(NC(=O)C(NC(=O)C(NC(=O)C(C)N)C(C)O)C(C)CC)C(=O)O. The van der Waals surface area contributed by atoms with Gasteiger partial charge < -0.3 is 31.9 Å². The Kier molecular flexibility index (Phi) is 11.4. The van der Waals surface area contributed by atoms with Crippen molar-refractivity contribution in [2.24, 2.45) is 17.6 Å². The van der Waals surface area contributed by atoms with Crippen LogP contribution in [0.1, 0.15) is 54.4 Å². The highest BCUT2D eigenvalue weighted by molar-refractivity contribution is 5.94. The molecule has 168 valence electrons. The molecule has 7 atom stereocenters. The molecular formula is C19H36N4O6. The third-order valence-electron chi connectivity index (χ3n) is 5.05. The number of nitrogens with two attached hydrogens (primary N) is 1. The smallest absolute Gasteiger partial charge is 0.326 e. The first-order chi connectivity index (χ1) is 13.4. The van der Waals surface area contributed by atoms with E-state index in [0.717, 1.165) is 0 Å². The van der Waals surface area contributed by atoms with E-state index in [4.69, 9.17) is 5.73 Å². The first kappa shape index (κ1) is 26.8. The molecule has 0 spiro atoms. The number of carbonyl (C=O) groups excluding carboxylic acids is 3. The molecule has 10 nitrogen and oxygen atoms in total. The summed E-state index contributed by atoms with van der Waals surface area (Å²) in [5, 5.41) is 26.7. The average Bonchev–Trinajstić information content (AvgIpc) is 2.65. The zero-order valence-electron chi connectivity index (χ0n) is 18.1. The highest BCUT2D eigenvalue weighted by Crippen LogP contribution is 2.12. The number of aliphatic hydroxyl groups is 1. The molecule has 0 aliphatic rings. The third kappa shape index (κ3) is 8.36. The lowest BCUT2D eigenvalue weighted by atomic mass is 9.95. The summed E-state index contributed by atoms with van der Waals surface area (Å²) in [4.78, 5) is 48.8. The molecule has 0 rings (SSSR count). The van der Waals surface area contributed by atoms with Gasteiger partial charge in [-0.05, 0) is 25.7 Å². The Balaban J connectivity index is 5.50. The van der Waals surface area contributed by atoms with Gasteiger partial charge in [0.05, 0.1) is 12.1 Å². The summed E-state index contributed by atoms with van der Waals surface area (Å²) < 4.78 is 0. The topological polar surface area (TPSA) is 171 Å². The van der Waals surface area contributed by atoms with Crippen LogP contribution in [0.25, 0.3) is 0 Å². The minimum atomic E-state index is -1.31. The van der Waals surface area contributed by atoms with E-state index in [1.165, 1.54) is 13.8 Å². The number of carboxylic acids is 1. The molecule has 0 saturated heterocycles. The predicted molar refractivity (Wildman–Crippen MR) is 108 cm³/mol. The van der Waals surface area contributed by atoms with Gasteiger partial charge >= 0.3 is 5.97 Å². The number of carbonyl (C=O) groups is 4. The maximum atomic E-state index is 12.8. The van der Waals surface area contributed by atoms with Crippen molar-refractivity contribution in [2.75, 3.05) is 0 Å². The van der Waals surface area contributed by atoms with Crippen molar-refractivity contribution < 1.29 is 29.4 Å². The fourth-order valence-corrected chi connectivity index (χ4v) is 2.56. The molecule has 3 amide bonds. The van der Waals surface area contributed by atoms with E-state index in [1.807, 2.05) is 13.8 Å². The van der Waals surface area contributed by atoms with E-state index in [9.17, 15) is 29.4 Å². The maximum Gasteiger partial charge on any atom is 0.326 e. The van der Waals surface area contributed by atoms with Crippen LogP contribution in [-0.2, 0) is 19.2 Å². The predicted octanol–water partition coefficient (Wildman–Crippen LogP) is -0.654. The molecule has 0 heterocycles. The minimum absolute atomic E-state index is 0.305. The fraction of sp³-hybridized carbons (Fsp3) is 0.789. The molecule has 0 aromatic carbocycles. The number of amides is 3. The first-order valence-electron chi connectivity index (χ1n) is 9.94. The van der Waals surface area contributed by atoms with Crippen LogP contribution < -0.4 is 21.7 Å². The van der Waals surface area contributed by atoms with Crippen LogP contribution in [0.15, 0.2) is 0 Å². The molecule has 10 heteroatoms. The lowest BCUT2D eigenvalue weighted by Crippen LogP contribution is -2.61. The second-order valence-electron chi connectivity index (χ2n) is 7.60. The molecule has 0 aliphatic carbocycles. The van der Waals surface area contributed by atoms with Crippen molar-refractivity contribution in [1.82, 2.24) is 16.0 Å². The summed E-state index contributed by atoms with van der Waals surface area (Å²) in [5.41, 5.74) is 5.48. The number of hydrogen-bond donors (Lipinski definition) is 6. The highest BCUT2D eigenvalue weighted by atomic mass is 16.4. The standard InChI is InChI=1S/C19H36N4O6/c1-7-9(3)13(17(26)22-14(19(28)29)10(4)8-2)21-18(27)15(12(6)24)23-16(25)11(5)20/h9-15,24H,7-8,20H2,1-6H3,(H,21,27)(H,22,26)(H,23,25)(H,28,29). The van der Waals surface area contributed by atoms with Crippen LogP contribution in [0.5, 0.6) is 0 Å². The maximum absolute atomic E-state index is 12.8. The summed E-state index contributed by atoms with van der Waals surface area (Å²) in [5.74, 6) is -3.80. The number of aliphatic hydroxyl groups excluding tert-OH is 1. The van der Waals surface area contributed by atoms with Gasteiger partial charge in [0.25, 0.3) is 0 Å². The van der Waals surface area contributed by atoms with Crippen molar-refractivity contribution in [3.63, 3.8) is 0 Å². The Morgan fingerprint density at radius 1 is 0.759 bits per heavy atom. The summed E-state index contributed by atoms with van der Waals surface area (Å²) in [6.07, 6.45) is -0.152. The number of nitrogens with one attached hydrogen (secondary N) is 3. The van der Waals surface area contributed by atoms with Gasteiger partial charge in [0.1, 0.15) is 18.1 Å². The van der Waals surface area contributed by atoms with Crippen LogP contribution in [0.2, 0.25) is 0 Å². The Morgan fingerprint density at radius 2 is 1.14 bits per heavy atom. The second kappa shape index (κ2) is 12.4. The van der Waals surface area contributed by atoms with Gasteiger partial charge in [-0.1, -0.05) is 40.5 Å². The largest absolute Gasteiger partial charge is 0.480 e. The zero-order valence-corrected chi connectivity index (χ0v) is 18.1. The molecule has 29 heavy (non-hydrogen) atoms. The molecule has 0 saturated carbocycles. The van der Waals surface area contributed by atoms with Crippen LogP contribution in [0.3, 0.4) is 0 Å². The van der Waals surface area contributed by atoms with Crippen molar-refractivity contribution in [3.05, 3.63) is 0 Å². The molecule has 0 bridgehead atoms. The van der Waals surface area contributed by atoms with Gasteiger partial charge in [0.2, 0.25) is 17.7 Å². The van der Waals surface area contributed by atoms with E-state index < -0.39 is 54.0 Å². The lowest BCUT2D eigenvalue weighted by Gasteiger charge is -2.29. The Hall–Kier alpha value is -2.20. The zero-order chi connectivity index (χ0) is 22.9. The van der Waals surface area contributed by atoms with Gasteiger partial charge in [-0.25, -0.2) is 4.79 Å². The second-order valence-corrected chi connectivity index (χ2v) is 7.60. The number of aliphatic carboxylic acids is 1. The summed E-state index contributed by atoms with van der Waals surface area (Å²) in [6, 6.07) is -4.32. The summed E-state index contributed by atoms with van der Waals surface area (Å²) in [6.45, 7) is 9.85. The quantitative estimate of drug-likeness (QED) is 0.245. The van der Waals surface area contributed by atoms with E-state index in [2.05, 4.69) is 16.0 Å². The first-order valence-corrected chi connectivity index (χ1v) is 9.94. The molecule has 7 unspecified atom stereocenters. The van der Waals surface area contributed by atoms with Crippen molar-refractivity contribution in [3.8, 4) is 0 Å². The summed E-state index contributed by atoms with van der Waals surface area (Å²) in [7, 11) is 0. The Bertz CT molecular complexity index is 581. The average molecular weight is 417 g/mol. The van der Waals surface area contributed by atoms with E-state index >= 15 is 0 Å². The van der Waals surface area contributed by atoms with Crippen molar-refractivity contribution in [1.29, 1.82) is 0 Å². The van der Waals surface area contributed by atoms with Crippen LogP contribution in [-0.4, -0.2) is 64.2 Å². The van der Waals surface area contributed by atoms with Crippen LogP contribution in [0, 0.1) is 11.8 Å². The Labute approximate surface area is 172 Å². The van der Waals surface area contributed by atoms with E-state index in [1.54, 1.807) is 13.8 Å². The van der Waals surface area contributed by atoms with Gasteiger partial charge in [0.15, 0.2) is 0 Å². The molecule has 7 N–H and O–H groups in total. The van der Waals surface area contributed by atoms with Gasteiger partial charge in [-0.3, -0.25) is 14.4 Å². The number of hydrogen-bond acceptors (Lipinski definition) is 6. The molecule has 0 aromatic heterocycles. The van der Waals surface area contributed by atoms with Gasteiger partial charge in [-0.2, -0.15) is 0 Å². The highest BCUT2D eigenvalue weighted by Gasteiger charge is 2.34. The lowest BCUT2D eigenvalue weighted by molar-refractivity contribution is -0.144. The summed E-state index contributed by atoms with van der Waals surface area (Å²) >= 11 is 0. The van der Waals surface area contributed by atoms with Crippen LogP contribution in [0.4, 0.5) is 0 Å². The van der Waals surface area contributed by atoms with E-state index in [-0.39, 0.29) is 11.8 Å². The van der Waals surface area contributed by atoms with Gasteiger partial charge in [-0.15, -0.1) is 0 Å². The molecule has 0 radical (unpaired) electrons. The molecular weight excluding hydrogens is 380 g/mol. The normalized spacial score (nSPS) is 18.3. The Morgan fingerprint density at radius 3 is 1.52 bits per heavy atom. The minimum Gasteiger partial charge on any atom is -0.480 e. The van der Waals surface area contributed by atoms with Crippen molar-refractivity contribution >= 4 is 23.7 Å². The molecule has 0 aromatic rings. The molecule has 0 aliphatic heterocycles. The third-order valence-corrected chi connectivity index (χ3v) is 5.05. The van der Waals surface area contributed by atoms with E-state index in [0.29, 0.717) is 12.8 Å². The molecule has 0 fully saturated rings. The fourth-order valence-electron chi connectivity index (χ4n) is 2.56. The number of carboxylic acid groups (broad SMARTS) is 1. The van der Waals surface area contributed by atoms with Gasteiger partial charge in [0, 0.05) is 0 Å². The number of rotatable bonds is 12. The van der Waals surface area contributed by atoms with Crippen LogP contribution >= 0.6 is 0 Å².